The zero-order valence-electron chi connectivity index (χ0n) is 33.6. The minimum atomic E-state index is -0.458. The molecule has 1 unspecified atom stereocenters. The second-order valence-electron chi connectivity index (χ2n) is 15.4. The monoisotopic (exact) mass is 772 g/mol. The number of unbranched alkanes of at least 4 members (excludes halogenated alkanes) is 2. The smallest absolute Gasteiger partial charge is 0.408 e. The van der Waals surface area contributed by atoms with Gasteiger partial charge in [0.1, 0.15) is 7.05 Å². The SMILES string of the molecule is C[N+]1=C(/C=C/C=C2/N(CCCCCC(=O)NCCOCCOCCNC(=O)OC3C#CCCCCC3)c3ccccc3C2(C)C)C(C)(C)c2ccccc21.[Cl-]. The highest BCUT2D eigenvalue weighted by Gasteiger charge is 2.43. The molecule has 0 saturated heterocycles. The third kappa shape index (κ3) is 11.7. The summed E-state index contributed by atoms with van der Waals surface area (Å²) >= 11 is 0. The van der Waals surface area contributed by atoms with Crippen LogP contribution in [0.5, 0.6) is 0 Å². The van der Waals surface area contributed by atoms with Gasteiger partial charge in [-0.3, -0.25) is 4.79 Å². The highest BCUT2D eigenvalue weighted by atomic mass is 35.5. The van der Waals surface area contributed by atoms with Crippen LogP contribution in [0, 0.1) is 11.8 Å². The van der Waals surface area contributed by atoms with Gasteiger partial charge in [0.25, 0.3) is 0 Å². The molecule has 2 heterocycles. The van der Waals surface area contributed by atoms with Crippen molar-refractivity contribution in [2.75, 3.05) is 58.0 Å². The Hall–Kier alpha value is -4.10. The van der Waals surface area contributed by atoms with Crippen molar-refractivity contribution in [3.63, 3.8) is 0 Å². The van der Waals surface area contributed by atoms with Crippen LogP contribution in [-0.2, 0) is 29.8 Å². The Labute approximate surface area is 335 Å². The fraction of sp³-hybridized carbons (Fsp3) is 0.533. The van der Waals surface area contributed by atoms with Crippen LogP contribution in [0.4, 0.5) is 16.2 Å². The van der Waals surface area contributed by atoms with Crippen molar-refractivity contribution in [1.29, 1.82) is 0 Å². The highest BCUT2D eigenvalue weighted by Crippen LogP contribution is 2.48. The topological polar surface area (TPSA) is 92.1 Å². The van der Waals surface area contributed by atoms with Crippen LogP contribution in [0.3, 0.4) is 0 Å². The minimum Gasteiger partial charge on any atom is -1.00 e. The molecule has 2 aromatic rings. The van der Waals surface area contributed by atoms with Gasteiger partial charge in [-0.05, 0) is 63.7 Å². The quantitative estimate of drug-likeness (QED) is 0.130. The predicted molar refractivity (Wildman–Crippen MR) is 217 cm³/mol. The van der Waals surface area contributed by atoms with Crippen molar-refractivity contribution >= 4 is 29.1 Å². The van der Waals surface area contributed by atoms with E-state index in [-0.39, 0.29) is 35.2 Å². The molecule has 0 spiro atoms. The first-order valence-corrected chi connectivity index (χ1v) is 19.9. The molecule has 2 aromatic carbocycles. The van der Waals surface area contributed by atoms with Crippen LogP contribution in [0.25, 0.3) is 0 Å². The van der Waals surface area contributed by atoms with Crippen molar-refractivity contribution in [2.45, 2.75) is 102 Å². The van der Waals surface area contributed by atoms with Gasteiger partial charge in [-0.25, -0.2) is 4.79 Å². The Kier molecular flexibility index (Phi) is 16.9. The van der Waals surface area contributed by atoms with Crippen molar-refractivity contribution < 1.29 is 40.8 Å². The number of anilines is 1. The third-order valence-corrected chi connectivity index (χ3v) is 10.8. The summed E-state index contributed by atoms with van der Waals surface area (Å²) in [6, 6.07) is 17.4. The molecule has 2 amide bonds. The molecule has 0 bridgehead atoms. The molecule has 55 heavy (non-hydrogen) atoms. The highest BCUT2D eigenvalue weighted by molar-refractivity contribution is 6.03. The number of carbonyl (C=O) groups excluding carboxylic acids is 2. The summed E-state index contributed by atoms with van der Waals surface area (Å²) < 4.78 is 18.8. The number of nitrogens with zero attached hydrogens (tertiary/aromatic N) is 2. The fourth-order valence-electron chi connectivity index (χ4n) is 7.78. The van der Waals surface area contributed by atoms with Gasteiger partial charge in [-0.15, -0.1) is 0 Å². The first kappa shape index (κ1) is 43.6. The summed E-state index contributed by atoms with van der Waals surface area (Å²) in [4.78, 5) is 26.9. The van der Waals surface area contributed by atoms with Crippen LogP contribution < -0.4 is 27.9 Å². The zero-order valence-corrected chi connectivity index (χ0v) is 34.3. The maximum absolute atomic E-state index is 12.5. The summed E-state index contributed by atoms with van der Waals surface area (Å²) in [7, 11) is 2.16. The van der Waals surface area contributed by atoms with E-state index in [1.54, 1.807) is 0 Å². The van der Waals surface area contributed by atoms with Crippen molar-refractivity contribution in [3.8, 4) is 11.8 Å². The van der Waals surface area contributed by atoms with E-state index in [0.717, 1.165) is 57.9 Å². The Bertz CT molecular complexity index is 1750. The second kappa shape index (κ2) is 21.3. The van der Waals surface area contributed by atoms with Gasteiger partial charge in [0.05, 0.1) is 31.8 Å². The van der Waals surface area contributed by atoms with E-state index < -0.39 is 6.09 Å². The molecule has 10 heteroatoms. The summed E-state index contributed by atoms with van der Waals surface area (Å²) in [6.07, 6.45) is 14.3. The lowest BCUT2D eigenvalue weighted by atomic mass is 9.81. The van der Waals surface area contributed by atoms with E-state index in [1.165, 1.54) is 33.9 Å². The molecule has 5 rings (SSSR count). The van der Waals surface area contributed by atoms with Gasteiger partial charge >= 0.3 is 6.09 Å². The summed E-state index contributed by atoms with van der Waals surface area (Å²) in [6.45, 7) is 12.6. The number of rotatable bonds is 18. The second-order valence-corrected chi connectivity index (χ2v) is 15.4. The Balaban J connectivity index is 0.00000673. The normalized spacial score (nSPS) is 18.8. The van der Waals surface area contributed by atoms with Gasteiger partial charge in [-0.1, -0.05) is 81.0 Å². The number of fused-ring (bicyclic) bond motifs is 2. The maximum Gasteiger partial charge on any atom is 0.408 e. The molecule has 0 radical (unpaired) electrons. The number of ether oxygens (including phenoxy) is 3. The van der Waals surface area contributed by atoms with Crippen molar-refractivity contribution in [1.82, 2.24) is 10.6 Å². The number of allylic oxidation sites excluding steroid dienone is 4. The predicted octanol–water partition coefficient (Wildman–Crippen LogP) is 4.71. The van der Waals surface area contributed by atoms with Crippen LogP contribution in [0.15, 0.2) is 72.5 Å². The Morgan fingerprint density at radius 3 is 2.35 bits per heavy atom. The first-order chi connectivity index (χ1) is 26.1. The Morgan fingerprint density at radius 1 is 0.873 bits per heavy atom. The number of halogens is 1. The van der Waals surface area contributed by atoms with Gasteiger partial charge in [0.15, 0.2) is 11.8 Å². The minimum absolute atomic E-state index is 0. The molecular formula is C45H61ClN4O5. The zero-order chi connectivity index (χ0) is 38.4. The summed E-state index contributed by atoms with van der Waals surface area (Å²) in [5, 5.41) is 5.67. The van der Waals surface area contributed by atoms with Crippen LogP contribution in [0.2, 0.25) is 0 Å². The van der Waals surface area contributed by atoms with Crippen molar-refractivity contribution in [2.24, 2.45) is 0 Å². The van der Waals surface area contributed by atoms with E-state index in [0.29, 0.717) is 45.9 Å². The maximum atomic E-state index is 12.5. The number of para-hydroxylation sites is 2. The van der Waals surface area contributed by atoms with Gasteiger partial charge in [-0.2, -0.15) is 4.58 Å². The molecule has 1 atom stereocenters. The van der Waals surface area contributed by atoms with Crippen LogP contribution >= 0.6 is 0 Å². The van der Waals surface area contributed by atoms with Crippen LogP contribution in [-0.4, -0.2) is 81.5 Å². The molecule has 1 aliphatic carbocycles. The molecule has 298 valence electrons. The largest absolute Gasteiger partial charge is 1.00 e. The van der Waals surface area contributed by atoms with E-state index >= 15 is 0 Å². The number of amides is 2. The number of nitrogens with one attached hydrogen (secondary N) is 2. The molecule has 2 aliphatic heterocycles. The van der Waals surface area contributed by atoms with E-state index in [2.05, 4.69) is 133 Å². The molecule has 0 saturated carbocycles. The fourth-order valence-corrected chi connectivity index (χ4v) is 7.78. The third-order valence-electron chi connectivity index (χ3n) is 10.8. The molecule has 9 nitrogen and oxygen atoms in total. The standard InChI is InChI=1S/C45H60N4O5.ClH/c1-44(2)36-21-13-15-23-38(36)48(5)40(44)25-18-26-41-45(3,4)37-22-14-16-24-39(37)49(41)30-17-9-12-27-42(50)46-28-31-52-33-34-53-32-29-47-43(51)54-35-19-10-7-6-8-11-20-35;/h13-16,18,21-26,35H,6-10,12,17,19,27-34H2,1-5H3,(H-,46,47,50,51);1H. The van der Waals surface area contributed by atoms with Gasteiger partial charge in [0.2, 0.25) is 11.6 Å². The Morgan fingerprint density at radius 2 is 1.58 bits per heavy atom. The lowest BCUT2D eigenvalue weighted by molar-refractivity contribution is -0.401. The van der Waals surface area contributed by atoms with E-state index in [9.17, 15) is 9.59 Å². The number of hydrogen-bond donors (Lipinski definition) is 2. The first-order valence-electron chi connectivity index (χ1n) is 19.9. The average Bonchev–Trinajstić information content (AvgIpc) is 3.47. The molecule has 2 N–H and O–H groups in total. The van der Waals surface area contributed by atoms with Crippen molar-refractivity contribution in [3.05, 3.63) is 83.6 Å². The molecule has 0 fully saturated rings. The van der Waals surface area contributed by atoms with E-state index in [1.807, 2.05) is 0 Å². The van der Waals surface area contributed by atoms with Crippen LogP contribution in [0.1, 0.15) is 96.6 Å². The number of carbonyl (C=O) groups is 2. The van der Waals surface area contributed by atoms with E-state index in [4.69, 9.17) is 14.2 Å². The summed E-state index contributed by atoms with van der Waals surface area (Å²) in [5.74, 6) is 6.15. The van der Waals surface area contributed by atoms with Gasteiger partial charge < -0.3 is 42.2 Å². The number of hydrogen-bond acceptors (Lipinski definition) is 6. The molecule has 3 aliphatic rings. The number of alkyl carbamates (subject to hydrolysis) is 1. The van der Waals surface area contributed by atoms with Gasteiger partial charge in [0, 0.05) is 67.0 Å². The number of benzene rings is 2. The average molecular weight is 773 g/mol. The molecular weight excluding hydrogens is 712 g/mol. The molecule has 0 aromatic heterocycles. The lowest BCUT2D eigenvalue weighted by Crippen LogP contribution is -3.00. The summed E-state index contributed by atoms with van der Waals surface area (Å²) in [5.41, 5.74) is 7.66. The lowest BCUT2D eigenvalue weighted by Gasteiger charge is -2.27.